The van der Waals surface area contributed by atoms with Crippen molar-refractivity contribution in [2.24, 2.45) is 0 Å². The van der Waals surface area contributed by atoms with E-state index in [0.717, 1.165) is 32.1 Å². The molecule has 0 heterocycles. The summed E-state index contributed by atoms with van der Waals surface area (Å²) in [7, 11) is 0. The molecule has 0 bridgehead atoms. The molecule has 0 spiro atoms. The number of ether oxygens (including phenoxy) is 3. The van der Waals surface area contributed by atoms with Gasteiger partial charge in [-0.2, -0.15) is 4.89 Å². The van der Waals surface area contributed by atoms with Crippen LogP contribution in [0.15, 0.2) is 0 Å². The molecule has 1 atom stereocenters. The molecule has 1 aliphatic carbocycles. The van der Waals surface area contributed by atoms with Crippen molar-refractivity contribution in [1.82, 2.24) is 0 Å². The molecule has 1 rings (SSSR count). The van der Waals surface area contributed by atoms with E-state index in [1.165, 1.54) is 0 Å². The summed E-state index contributed by atoms with van der Waals surface area (Å²) in [5.41, 5.74) is -1.07. The number of hydrogen-bond acceptors (Lipinski definition) is 9. The molecule has 9 heteroatoms. The molecule has 27 heavy (non-hydrogen) atoms. The average Bonchev–Trinajstić information content (AvgIpc) is 2.60. The normalized spacial score (nSPS) is 16.1. The summed E-state index contributed by atoms with van der Waals surface area (Å²) in [6.07, 6.45) is 3.58. The van der Waals surface area contributed by atoms with E-state index in [2.05, 4.69) is 9.62 Å². The average molecular weight is 388 g/mol. The third-order valence-electron chi connectivity index (χ3n) is 3.86. The lowest BCUT2D eigenvalue weighted by molar-refractivity contribution is -0.327. The van der Waals surface area contributed by atoms with Gasteiger partial charge in [-0.25, -0.2) is 19.2 Å². The van der Waals surface area contributed by atoms with Gasteiger partial charge < -0.3 is 14.2 Å². The maximum atomic E-state index is 11.7. The summed E-state index contributed by atoms with van der Waals surface area (Å²) >= 11 is 0. The molecular formula is C18H28O9. The predicted octanol–water partition coefficient (Wildman–Crippen LogP) is 2.00. The smallest absolute Gasteiger partial charge is 0.449 e. The Morgan fingerprint density at radius 1 is 0.963 bits per heavy atom. The minimum atomic E-state index is -1.25. The maximum Gasteiger partial charge on any atom is 0.449 e. The second kappa shape index (κ2) is 10.9. The largest absolute Gasteiger partial charge is 0.458 e. The van der Waals surface area contributed by atoms with Crippen LogP contribution in [0.5, 0.6) is 0 Å². The Hall–Kier alpha value is -2.16. The Bertz CT molecular complexity index is 535. The van der Waals surface area contributed by atoms with Crippen LogP contribution in [0, 0.1) is 0 Å². The van der Waals surface area contributed by atoms with E-state index in [1.54, 1.807) is 27.7 Å². The van der Waals surface area contributed by atoms with E-state index < -0.39 is 35.6 Å². The molecule has 9 nitrogen and oxygen atoms in total. The summed E-state index contributed by atoms with van der Waals surface area (Å²) < 4.78 is 14.6. The van der Waals surface area contributed by atoms with Gasteiger partial charge in [-0.1, -0.05) is 6.42 Å². The van der Waals surface area contributed by atoms with Crippen molar-refractivity contribution >= 4 is 23.9 Å². The molecule has 0 saturated heterocycles. The molecule has 0 aromatic carbocycles. The molecule has 0 amide bonds. The van der Waals surface area contributed by atoms with Crippen LogP contribution in [0.3, 0.4) is 0 Å². The van der Waals surface area contributed by atoms with Crippen molar-refractivity contribution in [3.63, 3.8) is 0 Å². The topological polar surface area (TPSA) is 114 Å². The molecule has 154 valence electrons. The Balaban J connectivity index is 2.37. The van der Waals surface area contributed by atoms with Crippen LogP contribution in [0.2, 0.25) is 0 Å². The minimum absolute atomic E-state index is 0.0594. The van der Waals surface area contributed by atoms with Gasteiger partial charge in [0.25, 0.3) is 0 Å². The van der Waals surface area contributed by atoms with Crippen LogP contribution in [0.1, 0.15) is 66.2 Å². The fourth-order valence-electron chi connectivity index (χ4n) is 2.76. The van der Waals surface area contributed by atoms with Crippen molar-refractivity contribution in [2.45, 2.75) is 84.0 Å². The maximum absolute atomic E-state index is 11.7. The summed E-state index contributed by atoms with van der Waals surface area (Å²) in [5, 5.41) is 0. The molecule has 0 radical (unpaired) electrons. The number of carbonyl (C=O) groups excluding carboxylic acids is 4. The summed E-state index contributed by atoms with van der Waals surface area (Å²) in [5.74, 6) is -4.54. The van der Waals surface area contributed by atoms with Crippen LogP contribution < -0.4 is 0 Å². The molecule has 0 N–H and O–H groups in total. The van der Waals surface area contributed by atoms with Crippen LogP contribution >= 0.6 is 0 Å². The lowest BCUT2D eigenvalue weighted by Gasteiger charge is -2.26. The second-order valence-corrected chi connectivity index (χ2v) is 7.02. The first-order chi connectivity index (χ1) is 12.6. The zero-order chi connectivity index (χ0) is 20.4. The van der Waals surface area contributed by atoms with Crippen LogP contribution in [0.4, 0.5) is 0 Å². The van der Waals surface area contributed by atoms with Crippen LogP contribution in [-0.4, -0.2) is 48.3 Å². The van der Waals surface area contributed by atoms with E-state index in [9.17, 15) is 19.2 Å². The highest BCUT2D eigenvalue weighted by atomic mass is 17.2. The monoisotopic (exact) mass is 388 g/mol. The molecule has 0 aromatic heterocycles. The first-order valence-electron chi connectivity index (χ1n) is 9.13. The predicted molar refractivity (Wildman–Crippen MR) is 91.0 cm³/mol. The van der Waals surface area contributed by atoms with Gasteiger partial charge in [0, 0.05) is 6.42 Å². The first kappa shape index (κ1) is 22.9. The van der Waals surface area contributed by atoms with Gasteiger partial charge in [-0.05, 0) is 53.4 Å². The Kier molecular flexibility index (Phi) is 9.20. The zero-order valence-electron chi connectivity index (χ0n) is 16.3. The first-order valence-corrected chi connectivity index (χ1v) is 9.13. The van der Waals surface area contributed by atoms with Gasteiger partial charge in [0.15, 0.2) is 0 Å². The van der Waals surface area contributed by atoms with Crippen LogP contribution in [-0.2, 0) is 43.2 Å². The zero-order valence-corrected chi connectivity index (χ0v) is 16.3. The van der Waals surface area contributed by atoms with Gasteiger partial charge in [-0.3, -0.25) is 4.89 Å². The number of hydrogen-bond donors (Lipinski definition) is 0. The highest BCUT2D eigenvalue weighted by Crippen LogP contribution is 2.21. The van der Waals surface area contributed by atoms with E-state index >= 15 is 0 Å². The third kappa shape index (κ3) is 8.85. The highest BCUT2D eigenvalue weighted by molar-refractivity contribution is 6.30. The fourth-order valence-corrected chi connectivity index (χ4v) is 2.76. The van der Waals surface area contributed by atoms with Crippen molar-refractivity contribution in [3.8, 4) is 0 Å². The molecular weight excluding hydrogens is 360 g/mol. The van der Waals surface area contributed by atoms with Gasteiger partial charge in [0.05, 0.1) is 6.61 Å². The quantitative estimate of drug-likeness (QED) is 0.212. The molecule has 1 aliphatic rings. The molecule has 1 unspecified atom stereocenters. The SMILES string of the molecule is CCOC(=O)C(=O)OC(C)CC(C)(C)OOC(=O)C(=O)OC1CCCCC1. The summed E-state index contributed by atoms with van der Waals surface area (Å²) in [6.45, 7) is 6.31. The molecule has 0 aliphatic heterocycles. The minimum Gasteiger partial charge on any atom is -0.458 e. The van der Waals surface area contributed by atoms with Gasteiger partial charge in [0.1, 0.15) is 17.8 Å². The third-order valence-corrected chi connectivity index (χ3v) is 3.86. The van der Waals surface area contributed by atoms with E-state index in [0.29, 0.717) is 0 Å². The Morgan fingerprint density at radius 2 is 1.59 bits per heavy atom. The lowest BCUT2D eigenvalue weighted by Crippen LogP contribution is -2.35. The Labute approximate surface area is 158 Å². The number of esters is 3. The van der Waals surface area contributed by atoms with E-state index in [1.807, 2.05) is 0 Å². The standard InChI is InChI=1S/C18H28O9/c1-5-23-14(19)15(20)24-12(2)11-18(3,4)27-26-17(22)16(21)25-13-9-7-6-8-10-13/h12-13H,5-11H2,1-4H3. The van der Waals surface area contributed by atoms with Gasteiger partial charge in [-0.15, -0.1) is 0 Å². The van der Waals surface area contributed by atoms with Crippen LogP contribution in [0.25, 0.3) is 0 Å². The van der Waals surface area contributed by atoms with Crippen molar-refractivity contribution in [3.05, 3.63) is 0 Å². The number of rotatable bonds is 7. The van der Waals surface area contributed by atoms with E-state index in [4.69, 9.17) is 14.4 Å². The van der Waals surface area contributed by atoms with Crippen molar-refractivity contribution < 1.29 is 43.2 Å². The summed E-state index contributed by atoms with van der Waals surface area (Å²) in [4.78, 5) is 55.8. The van der Waals surface area contributed by atoms with Gasteiger partial charge in [0.2, 0.25) is 0 Å². The van der Waals surface area contributed by atoms with E-state index in [-0.39, 0.29) is 19.1 Å². The molecule has 1 fully saturated rings. The Morgan fingerprint density at radius 3 is 2.19 bits per heavy atom. The second-order valence-electron chi connectivity index (χ2n) is 7.02. The van der Waals surface area contributed by atoms with Crippen molar-refractivity contribution in [1.29, 1.82) is 0 Å². The summed E-state index contributed by atoms with van der Waals surface area (Å²) in [6, 6.07) is 0. The van der Waals surface area contributed by atoms with Gasteiger partial charge >= 0.3 is 23.9 Å². The highest BCUT2D eigenvalue weighted by Gasteiger charge is 2.31. The van der Waals surface area contributed by atoms with Crippen molar-refractivity contribution in [2.75, 3.05) is 6.61 Å². The molecule has 0 aromatic rings. The molecule has 1 saturated carbocycles. The fraction of sp³-hybridized carbons (Fsp3) is 0.778. The lowest BCUT2D eigenvalue weighted by atomic mass is 9.98. The number of carbonyl (C=O) groups is 4.